The summed E-state index contributed by atoms with van der Waals surface area (Å²) in [5.74, 6) is 0.845. The van der Waals surface area contributed by atoms with E-state index in [1.54, 1.807) is 32.4 Å². The van der Waals surface area contributed by atoms with Crippen LogP contribution >= 0.6 is 0 Å². The van der Waals surface area contributed by atoms with E-state index in [2.05, 4.69) is 10.3 Å². The summed E-state index contributed by atoms with van der Waals surface area (Å²) in [6.07, 6.45) is 7.55. The minimum Gasteiger partial charge on any atom is -0.481 e. The van der Waals surface area contributed by atoms with E-state index in [0.29, 0.717) is 30.5 Å². The van der Waals surface area contributed by atoms with Crippen LogP contribution < -0.4 is 10.1 Å². The zero-order valence-electron chi connectivity index (χ0n) is 15.1. The van der Waals surface area contributed by atoms with Gasteiger partial charge in [-0.3, -0.25) is 9.59 Å². The molecule has 0 radical (unpaired) electrons. The van der Waals surface area contributed by atoms with Crippen LogP contribution in [0, 0.1) is 11.3 Å². The van der Waals surface area contributed by atoms with Gasteiger partial charge in [-0.05, 0) is 24.3 Å². The summed E-state index contributed by atoms with van der Waals surface area (Å²) in [4.78, 5) is 30.4. The summed E-state index contributed by atoms with van der Waals surface area (Å²) in [6.45, 7) is 3.68. The standard InChI is InChI=1S/C19H27N3O3/c1-14(23)20-11-16-12-22(13-19(16)8-4-3-5-9-19)18(24)15-6-7-17(25-2)21-10-15/h6-7,10,16H,3-5,8-9,11-13H2,1-2H3,(H,20,23). The molecule has 0 bridgehead atoms. The normalized spacial score (nSPS) is 22.0. The van der Waals surface area contributed by atoms with E-state index in [1.807, 2.05) is 4.90 Å². The second kappa shape index (κ2) is 7.42. The van der Waals surface area contributed by atoms with E-state index in [0.717, 1.165) is 19.4 Å². The molecule has 1 unspecified atom stereocenters. The third-order valence-electron chi connectivity index (χ3n) is 5.74. The van der Waals surface area contributed by atoms with Gasteiger partial charge in [0.25, 0.3) is 5.91 Å². The SMILES string of the molecule is COc1ccc(C(=O)N2CC(CNC(C)=O)C3(CCCCC3)C2)cn1. The Hall–Kier alpha value is -2.11. The lowest BCUT2D eigenvalue weighted by Gasteiger charge is -2.38. The van der Waals surface area contributed by atoms with Gasteiger partial charge in [-0.25, -0.2) is 4.98 Å². The molecule has 0 aromatic carbocycles. The van der Waals surface area contributed by atoms with Gasteiger partial charge in [-0.15, -0.1) is 0 Å². The number of hydrogen-bond donors (Lipinski definition) is 1. The average molecular weight is 345 g/mol. The van der Waals surface area contributed by atoms with E-state index in [4.69, 9.17) is 4.74 Å². The minimum atomic E-state index is -0.00455. The third kappa shape index (κ3) is 3.78. The van der Waals surface area contributed by atoms with Crippen molar-refractivity contribution in [2.75, 3.05) is 26.7 Å². The predicted octanol–water partition coefficient (Wildman–Crippen LogP) is 2.25. The fraction of sp³-hybridized carbons (Fsp3) is 0.632. The third-order valence-corrected chi connectivity index (χ3v) is 5.74. The highest BCUT2D eigenvalue weighted by Crippen LogP contribution is 2.47. The number of ether oxygens (including phenoxy) is 1. The molecule has 1 aliphatic carbocycles. The molecule has 3 rings (SSSR count). The van der Waals surface area contributed by atoms with Crippen LogP contribution in [0.15, 0.2) is 18.3 Å². The number of nitrogens with one attached hydrogen (secondary N) is 1. The van der Waals surface area contributed by atoms with Crippen molar-refractivity contribution >= 4 is 11.8 Å². The van der Waals surface area contributed by atoms with Crippen molar-refractivity contribution in [1.29, 1.82) is 0 Å². The molecule has 1 aromatic rings. The van der Waals surface area contributed by atoms with Crippen molar-refractivity contribution in [3.63, 3.8) is 0 Å². The molecule has 1 N–H and O–H groups in total. The second-order valence-corrected chi connectivity index (χ2v) is 7.33. The topological polar surface area (TPSA) is 71.5 Å². The average Bonchev–Trinajstić information content (AvgIpc) is 2.97. The maximum atomic E-state index is 12.9. The second-order valence-electron chi connectivity index (χ2n) is 7.33. The zero-order chi connectivity index (χ0) is 17.9. The molecule has 2 fully saturated rings. The number of nitrogens with zero attached hydrogens (tertiary/aromatic N) is 2. The number of carbonyl (C=O) groups excluding carboxylic acids is 2. The van der Waals surface area contributed by atoms with Crippen LogP contribution in [0.25, 0.3) is 0 Å². The van der Waals surface area contributed by atoms with Crippen LogP contribution in [-0.2, 0) is 4.79 Å². The first-order valence-corrected chi connectivity index (χ1v) is 9.08. The van der Waals surface area contributed by atoms with E-state index in [-0.39, 0.29) is 17.2 Å². The van der Waals surface area contributed by atoms with Crippen molar-refractivity contribution in [3.05, 3.63) is 23.9 Å². The van der Waals surface area contributed by atoms with E-state index in [9.17, 15) is 9.59 Å². The molecular formula is C19H27N3O3. The summed E-state index contributed by atoms with van der Waals surface area (Å²) >= 11 is 0. The number of hydrogen-bond acceptors (Lipinski definition) is 4. The first kappa shape index (κ1) is 17.7. The molecule has 1 aliphatic heterocycles. The molecule has 136 valence electrons. The Morgan fingerprint density at radius 1 is 1.32 bits per heavy atom. The van der Waals surface area contributed by atoms with Gasteiger partial charge in [0.1, 0.15) is 0 Å². The van der Waals surface area contributed by atoms with Gasteiger partial charge in [0.15, 0.2) is 0 Å². The van der Waals surface area contributed by atoms with Gasteiger partial charge in [-0.2, -0.15) is 0 Å². The van der Waals surface area contributed by atoms with Crippen LogP contribution in [0.1, 0.15) is 49.4 Å². The van der Waals surface area contributed by atoms with Crippen LogP contribution in [0.5, 0.6) is 5.88 Å². The number of likely N-dealkylation sites (tertiary alicyclic amines) is 1. The molecule has 1 saturated carbocycles. The van der Waals surface area contributed by atoms with Crippen molar-refractivity contribution < 1.29 is 14.3 Å². The number of pyridine rings is 1. The summed E-state index contributed by atoms with van der Waals surface area (Å²) in [5.41, 5.74) is 0.739. The highest BCUT2D eigenvalue weighted by atomic mass is 16.5. The molecule has 6 nitrogen and oxygen atoms in total. The number of aromatic nitrogens is 1. The smallest absolute Gasteiger partial charge is 0.255 e. The van der Waals surface area contributed by atoms with Gasteiger partial charge in [0.2, 0.25) is 11.8 Å². The fourth-order valence-corrected chi connectivity index (χ4v) is 4.37. The first-order chi connectivity index (χ1) is 12.0. The summed E-state index contributed by atoms with van der Waals surface area (Å²) in [5, 5.41) is 2.97. The molecular weight excluding hydrogens is 318 g/mol. The molecule has 2 amide bonds. The summed E-state index contributed by atoms with van der Waals surface area (Å²) in [6, 6.07) is 3.48. The number of rotatable bonds is 4. The lowest BCUT2D eigenvalue weighted by Crippen LogP contribution is -2.39. The highest BCUT2D eigenvalue weighted by molar-refractivity contribution is 5.94. The van der Waals surface area contributed by atoms with Crippen LogP contribution in [-0.4, -0.2) is 48.4 Å². The highest BCUT2D eigenvalue weighted by Gasteiger charge is 2.48. The first-order valence-electron chi connectivity index (χ1n) is 9.08. The molecule has 1 spiro atoms. The lowest BCUT2D eigenvalue weighted by molar-refractivity contribution is -0.119. The van der Waals surface area contributed by atoms with Gasteiger partial charge in [-0.1, -0.05) is 19.3 Å². The van der Waals surface area contributed by atoms with Crippen molar-refractivity contribution in [2.45, 2.75) is 39.0 Å². The number of amides is 2. The summed E-state index contributed by atoms with van der Waals surface area (Å²) in [7, 11) is 1.56. The monoisotopic (exact) mass is 345 g/mol. The molecule has 2 heterocycles. The Kier molecular flexibility index (Phi) is 5.25. The Bertz CT molecular complexity index is 623. The van der Waals surface area contributed by atoms with Gasteiger partial charge < -0.3 is 15.0 Å². The van der Waals surface area contributed by atoms with Crippen molar-refractivity contribution in [3.8, 4) is 5.88 Å². The minimum absolute atomic E-state index is 0.00455. The molecule has 25 heavy (non-hydrogen) atoms. The van der Waals surface area contributed by atoms with Gasteiger partial charge in [0.05, 0.1) is 12.7 Å². The molecule has 6 heteroatoms. The van der Waals surface area contributed by atoms with E-state index in [1.165, 1.54) is 19.3 Å². The molecule has 1 saturated heterocycles. The Morgan fingerprint density at radius 2 is 2.08 bits per heavy atom. The maximum Gasteiger partial charge on any atom is 0.255 e. The molecule has 1 atom stereocenters. The number of carbonyl (C=O) groups is 2. The van der Waals surface area contributed by atoms with Crippen molar-refractivity contribution in [1.82, 2.24) is 15.2 Å². The van der Waals surface area contributed by atoms with Crippen LogP contribution in [0.3, 0.4) is 0 Å². The van der Waals surface area contributed by atoms with E-state index >= 15 is 0 Å². The van der Waals surface area contributed by atoms with Crippen molar-refractivity contribution in [2.24, 2.45) is 11.3 Å². The molecule has 2 aliphatic rings. The van der Waals surface area contributed by atoms with Crippen LogP contribution in [0.2, 0.25) is 0 Å². The van der Waals surface area contributed by atoms with Gasteiger partial charge in [0, 0.05) is 44.7 Å². The molecule has 1 aromatic heterocycles. The number of methoxy groups -OCH3 is 1. The summed E-state index contributed by atoms with van der Waals surface area (Å²) < 4.78 is 5.06. The Morgan fingerprint density at radius 3 is 2.68 bits per heavy atom. The fourth-order valence-electron chi connectivity index (χ4n) is 4.37. The maximum absolute atomic E-state index is 12.9. The quantitative estimate of drug-likeness (QED) is 0.908. The largest absolute Gasteiger partial charge is 0.481 e. The van der Waals surface area contributed by atoms with Crippen LogP contribution in [0.4, 0.5) is 0 Å². The lowest BCUT2D eigenvalue weighted by atomic mass is 9.67. The Balaban J connectivity index is 1.75. The predicted molar refractivity (Wildman–Crippen MR) is 94.4 cm³/mol. The van der Waals surface area contributed by atoms with Gasteiger partial charge >= 0.3 is 0 Å². The Labute approximate surface area is 148 Å². The van der Waals surface area contributed by atoms with E-state index < -0.39 is 0 Å². The zero-order valence-corrected chi connectivity index (χ0v) is 15.1.